The fraction of sp³-hybridized carbons (Fsp3) is 0.571. The minimum absolute atomic E-state index is 0.00235. The Bertz CT molecular complexity index is 400. The van der Waals surface area contributed by atoms with E-state index in [1.165, 1.54) is 12.1 Å². The minimum atomic E-state index is -4.16. The molecule has 1 N–H and O–H groups in total. The van der Waals surface area contributed by atoms with Gasteiger partial charge in [-0.2, -0.15) is 13.2 Å². The summed E-state index contributed by atoms with van der Waals surface area (Å²) in [6, 6.07) is 4.12. The van der Waals surface area contributed by atoms with Crippen LogP contribution in [0.15, 0.2) is 22.7 Å². The molecule has 1 aromatic carbocycles. The van der Waals surface area contributed by atoms with Gasteiger partial charge in [-0.3, -0.25) is 0 Å². The van der Waals surface area contributed by atoms with Gasteiger partial charge < -0.3 is 5.32 Å². The lowest BCUT2D eigenvalue weighted by Gasteiger charge is -2.19. The van der Waals surface area contributed by atoms with Gasteiger partial charge in [0.15, 0.2) is 0 Å². The third-order valence-electron chi connectivity index (χ3n) is 2.86. The van der Waals surface area contributed by atoms with Crippen LogP contribution in [0.5, 0.6) is 0 Å². The van der Waals surface area contributed by atoms with Crippen LogP contribution in [-0.2, 0) is 6.42 Å². The van der Waals surface area contributed by atoms with E-state index < -0.39 is 12.6 Å². The molecule has 1 rings (SSSR count). The maximum Gasteiger partial charge on any atom is 0.389 e. The molecule has 1 nitrogen and oxygen atoms in total. The molecule has 0 radical (unpaired) electrons. The first kappa shape index (κ1) is 17.4. The normalized spacial score (nSPS) is 13.5. The van der Waals surface area contributed by atoms with Crippen molar-refractivity contribution in [3.8, 4) is 0 Å². The van der Waals surface area contributed by atoms with Crippen LogP contribution >= 0.6 is 15.9 Å². The Morgan fingerprint density at radius 1 is 1.25 bits per heavy atom. The summed E-state index contributed by atoms with van der Waals surface area (Å²) in [5.74, 6) is -0.389. The van der Waals surface area contributed by atoms with Gasteiger partial charge in [0.05, 0.1) is 0 Å². The van der Waals surface area contributed by atoms with Crippen LogP contribution in [0.2, 0.25) is 0 Å². The Labute approximate surface area is 124 Å². The van der Waals surface area contributed by atoms with E-state index in [0.29, 0.717) is 23.0 Å². The van der Waals surface area contributed by atoms with Crippen molar-refractivity contribution in [2.24, 2.45) is 0 Å². The topological polar surface area (TPSA) is 12.0 Å². The second-order valence-electron chi connectivity index (χ2n) is 4.79. The lowest BCUT2D eigenvalue weighted by molar-refractivity contribution is -0.136. The van der Waals surface area contributed by atoms with Gasteiger partial charge in [-0.25, -0.2) is 4.39 Å². The highest BCUT2D eigenvalue weighted by Gasteiger charge is 2.28. The molecule has 6 heteroatoms. The molecule has 0 aromatic heterocycles. The number of nitrogens with one attached hydrogen (secondary N) is 1. The largest absolute Gasteiger partial charge is 0.389 e. The van der Waals surface area contributed by atoms with Gasteiger partial charge in [-0.15, -0.1) is 0 Å². The molecule has 1 atom stereocenters. The first-order valence-electron chi connectivity index (χ1n) is 6.55. The van der Waals surface area contributed by atoms with Gasteiger partial charge in [0.1, 0.15) is 5.82 Å². The van der Waals surface area contributed by atoms with Crippen molar-refractivity contribution in [3.05, 3.63) is 34.1 Å². The van der Waals surface area contributed by atoms with E-state index in [-0.39, 0.29) is 18.3 Å². The molecule has 0 spiro atoms. The van der Waals surface area contributed by atoms with Gasteiger partial charge in [-0.1, -0.05) is 22.9 Å². The fourth-order valence-corrected chi connectivity index (χ4v) is 2.49. The van der Waals surface area contributed by atoms with E-state index in [1.54, 1.807) is 6.07 Å². The van der Waals surface area contributed by atoms with Crippen molar-refractivity contribution in [1.29, 1.82) is 0 Å². The summed E-state index contributed by atoms with van der Waals surface area (Å²) in [4.78, 5) is 0. The Balaban J connectivity index is 2.67. The van der Waals surface area contributed by atoms with Crippen molar-refractivity contribution >= 4 is 15.9 Å². The van der Waals surface area contributed by atoms with E-state index in [9.17, 15) is 17.6 Å². The lowest BCUT2D eigenvalue weighted by Crippen LogP contribution is -2.33. The minimum Gasteiger partial charge on any atom is -0.314 e. The molecule has 0 fully saturated rings. The molecular weight excluding hydrogens is 338 g/mol. The highest BCUT2D eigenvalue weighted by molar-refractivity contribution is 9.10. The Morgan fingerprint density at radius 3 is 2.50 bits per heavy atom. The summed E-state index contributed by atoms with van der Waals surface area (Å²) in [6.07, 6.45) is -3.76. The molecule has 1 unspecified atom stereocenters. The highest BCUT2D eigenvalue weighted by Crippen LogP contribution is 2.24. The molecule has 0 aliphatic heterocycles. The van der Waals surface area contributed by atoms with Crippen LogP contribution in [0.25, 0.3) is 0 Å². The molecule has 1 aromatic rings. The first-order chi connectivity index (χ1) is 9.30. The zero-order chi connectivity index (χ0) is 15.2. The number of halogens is 5. The van der Waals surface area contributed by atoms with Gasteiger partial charge in [0.2, 0.25) is 0 Å². The predicted molar refractivity (Wildman–Crippen MR) is 75.2 cm³/mol. The quantitative estimate of drug-likeness (QED) is 0.690. The molecule has 0 aliphatic carbocycles. The Hall–Kier alpha value is -0.620. The molecule has 0 amide bonds. The van der Waals surface area contributed by atoms with E-state index >= 15 is 0 Å². The van der Waals surface area contributed by atoms with Gasteiger partial charge >= 0.3 is 6.18 Å². The van der Waals surface area contributed by atoms with Crippen LogP contribution in [-0.4, -0.2) is 18.8 Å². The molecule has 114 valence electrons. The number of benzene rings is 1. The summed E-state index contributed by atoms with van der Waals surface area (Å²) in [5.41, 5.74) is 0.688. The number of alkyl halides is 3. The second kappa shape index (κ2) is 7.98. The molecule has 20 heavy (non-hydrogen) atoms. The maximum atomic E-state index is 13.3. The SMILES string of the molecule is CCCNC(CCC(F)(F)F)Cc1cc(F)cc(Br)c1. The molecule has 0 aliphatic rings. The number of rotatable bonds is 7. The smallest absolute Gasteiger partial charge is 0.314 e. The monoisotopic (exact) mass is 355 g/mol. The number of hydrogen-bond acceptors (Lipinski definition) is 1. The van der Waals surface area contributed by atoms with Crippen LogP contribution in [0, 0.1) is 5.82 Å². The maximum absolute atomic E-state index is 13.3. The standard InChI is InChI=1S/C14H18BrF4N/c1-2-5-20-13(3-4-14(17,18)19)8-10-6-11(15)9-12(16)7-10/h6-7,9,13,20H,2-5,8H2,1H3. The predicted octanol–water partition coefficient (Wildman–Crippen LogP) is 4.84. The van der Waals surface area contributed by atoms with Crippen LogP contribution in [0.3, 0.4) is 0 Å². The lowest BCUT2D eigenvalue weighted by atomic mass is 10.0. The van der Waals surface area contributed by atoms with Gasteiger partial charge in [0.25, 0.3) is 0 Å². The Kier molecular flexibility index (Phi) is 6.95. The molecule has 0 saturated heterocycles. The van der Waals surface area contributed by atoms with Crippen LogP contribution in [0.1, 0.15) is 31.7 Å². The van der Waals surface area contributed by atoms with Gasteiger partial charge in [0, 0.05) is 16.9 Å². The van der Waals surface area contributed by atoms with Crippen molar-refractivity contribution in [1.82, 2.24) is 5.32 Å². The van der Waals surface area contributed by atoms with Crippen molar-refractivity contribution in [2.45, 2.75) is 44.8 Å². The van der Waals surface area contributed by atoms with Crippen LogP contribution in [0.4, 0.5) is 17.6 Å². The zero-order valence-electron chi connectivity index (χ0n) is 11.2. The fourth-order valence-electron chi connectivity index (χ4n) is 1.98. The summed E-state index contributed by atoms with van der Waals surface area (Å²) in [5, 5.41) is 3.09. The Morgan fingerprint density at radius 2 is 1.95 bits per heavy atom. The van der Waals surface area contributed by atoms with Crippen molar-refractivity contribution in [3.63, 3.8) is 0 Å². The first-order valence-corrected chi connectivity index (χ1v) is 7.34. The third kappa shape index (κ3) is 7.24. The summed E-state index contributed by atoms with van der Waals surface area (Å²) in [7, 11) is 0. The van der Waals surface area contributed by atoms with Crippen molar-refractivity contribution < 1.29 is 17.6 Å². The van der Waals surface area contributed by atoms with Crippen LogP contribution < -0.4 is 5.32 Å². The molecule has 0 saturated carbocycles. The van der Waals surface area contributed by atoms with Crippen molar-refractivity contribution in [2.75, 3.05) is 6.54 Å². The summed E-state index contributed by atoms with van der Waals surface area (Å²) < 4.78 is 50.8. The second-order valence-corrected chi connectivity index (χ2v) is 5.70. The van der Waals surface area contributed by atoms with E-state index in [1.807, 2.05) is 6.92 Å². The average Bonchev–Trinajstić information content (AvgIpc) is 2.30. The van der Waals surface area contributed by atoms with Gasteiger partial charge in [-0.05, 0) is 49.6 Å². The summed E-state index contributed by atoms with van der Waals surface area (Å²) in [6.45, 7) is 2.60. The van der Waals surface area contributed by atoms with E-state index in [0.717, 1.165) is 6.42 Å². The molecule has 0 bridgehead atoms. The molecular formula is C14H18BrF4N. The molecule has 0 heterocycles. The third-order valence-corrected chi connectivity index (χ3v) is 3.32. The highest BCUT2D eigenvalue weighted by atomic mass is 79.9. The number of hydrogen-bond donors (Lipinski definition) is 1. The average molecular weight is 356 g/mol. The van der Waals surface area contributed by atoms with E-state index in [2.05, 4.69) is 21.2 Å². The van der Waals surface area contributed by atoms with E-state index in [4.69, 9.17) is 0 Å². The summed E-state index contributed by atoms with van der Waals surface area (Å²) >= 11 is 3.19. The zero-order valence-corrected chi connectivity index (χ0v) is 12.8.